The largest absolute Gasteiger partial charge is 0.369 e. The van der Waals surface area contributed by atoms with E-state index in [1.54, 1.807) is 12.1 Å². The van der Waals surface area contributed by atoms with Gasteiger partial charge in [-0.2, -0.15) is 0 Å². The van der Waals surface area contributed by atoms with Gasteiger partial charge < -0.3 is 10.2 Å². The van der Waals surface area contributed by atoms with E-state index in [0.29, 0.717) is 12.1 Å². The van der Waals surface area contributed by atoms with Crippen LogP contribution < -0.4 is 10.2 Å². The molecule has 19 heavy (non-hydrogen) atoms. The number of non-ortho nitro benzene ring substituents is 1. The molecule has 2 atom stereocenters. The van der Waals surface area contributed by atoms with Crippen molar-refractivity contribution in [3.8, 4) is 0 Å². The Bertz CT molecular complexity index is 509. The van der Waals surface area contributed by atoms with Crippen LogP contribution in [0.4, 0.5) is 11.4 Å². The van der Waals surface area contributed by atoms with Gasteiger partial charge in [0, 0.05) is 41.8 Å². The Morgan fingerprint density at radius 1 is 1.32 bits per heavy atom. The zero-order valence-corrected chi connectivity index (χ0v) is 12.1. The predicted molar refractivity (Wildman–Crippen MR) is 77.6 cm³/mol. The van der Waals surface area contributed by atoms with E-state index in [-0.39, 0.29) is 10.6 Å². The summed E-state index contributed by atoms with van der Waals surface area (Å²) in [7, 11) is 0. The number of rotatable bonds is 2. The van der Waals surface area contributed by atoms with Crippen molar-refractivity contribution in [1.29, 1.82) is 0 Å². The number of hydrogen-bond donors (Lipinski definition) is 1. The highest BCUT2D eigenvalue weighted by Gasteiger charge is 2.30. The molecular weight excluding hydrogens is 310 g/mol. The third-order valence-corrected chi connectivity index (χ3v) is 4.64. The van der Waals surface area contributed by atoms with E-state index in [4.69, 9.17) is 0 Å². The van der Waals surface area contributed by atoms with Gasteiger partial charge in [0.05, 0.1) is 10.6 Å². The van der Waals surface area contributed by atoms with Crippen LogP contribution in [0.25, 0.3) is 0 Å². The topological polar surface area (TPSA) is 58.4 Å². The molecule has 0 aromatic heterocycles. The van der Waals surface area contributed by atoms with Crippen LogP contribution in [-0.2, 0) is 0 Å². The van der Waals surface area contributed by atoms with E-state index in [1.807, 2.05) is 6.07 Å². The smallest absolute Gasteiger partial charge is 0.270 e. The van der Waals surface area contributed by atoms with E-state index in [2.05, 4.69) is 26.1 Å². The minimum absolute atomic E-state index is 0.130. The van der Waals surface area contributed by atoms with Crippen molar-refractivity contribution in [2.24, 2.45) is 0 Å². The highest BCUT2D eigenvalue weighted by molar-refractivity contribution is 9.10. The molecule has 2 saturated heterocycles. The van der Waals surface area contributed by atoms with E-state index >= 15 is 0 Å². The Balaban J connectivity index is 1.83. The lowest BCUT2D eigenvalue weighted by molar-refractivity contribution is -0.384. The maximum atomic E-state index is 10.8. The summed E-state index contributed by atoms with van der Waals surface area (Å²) in [6, 6.07) is 6.21. The predicted octanol–water partition coefficient (Wildman–Crippen LogP) is 2.69. The molecule has 2 aliphatic rings. The Morgan fingerprint density at radius 2 is 2.11 bits per heavy atom. The van der Waals surface area contributed by atoms with Crippen molar-refractivity contribution >= 4 is 27.3 Å². The van der Waals surface area contributed by atoms with Gasteiger partial charge >= 0.3 is 0 Å². The second kappa shape index (κ2) is 5.09. The van der Waals surface area contributed by atoms with Crippen molar-refractivity contribution in [2.75, 3.05) is 18.0 Å². The van der Waals surface area contributed by atoms with Crippen LogP contribution in [0.3, 0.4) is 0 Å². The van der Waals surface area contributed by atoms with Crippen LogP contribution in [0.15, 0.2) is 22.7 Å². The lowest BCUT2D eigenvalue weighted by atomic mass is 10.1. The van der Waals surface area contributed by atoms with Crippen LogP contribution in [0, 0.1) is 10.1 Å². The molecule has 1 aromatic carbocycles. The standard InChI is InChI=1S/C13H16BrN3O2/c14-12-7-11(17(18)19)3-4-13(12)16-6-5-9-1-2-10(8-16)15-9/h3-4,7,9-10,15H,1-2,5-6,8H2. The fraction of sp³-hybridized carbons (Fsp3) is 0.538. The Kier molecular flexibility index (Phi) is 3.45. The summed E-state index contributed by atoms with van der Waals surface area (Å²) in [5, 5.41) is 14.4. The second-order valence-corrected chi connectivity index (χ2v) is 6.12. The Hall–Kier alpha value is -1.14. The maximum absolute atomic E-state index is 10.8. The van der Waals surface area contributed by atoms with Gasteiger partial charge in [-0.25, -0.2) is 0 Å². The number of nitro benzene ring substituents is 1. The first-order valence-corrected chi connectivity index (χ1v) is 7.38. The number of nitrogens with one attached hydrogen (secondary N) is 1. The number of hydrogen-bond acceptors (Lipinski definition) is 4. The second-order valence-electron chi connectivity index (χ2n) is 5.27. The summed E-state index contributed by atoms with van der Waals surface area (Å²) in [6.45, 7) is 1.98. The number of nitrogens with zero attached hydrogens (tertiary/aromatic N) is 2. The third kappa shape index (κ3) is 2.60. The minimum atomic E-state index is -0.361. The molecule has 5 nitrogen and oxygen atoms in total. The van der Waals surface area contributed by atoms with Crippen molar-refractivity contribution in [1.82, 2.24) is 5.32 Å². The molecule has 2 aliphatic heterocycles. The van der Waals surface area contributed by atoms with Gasteiger partial charge in [0.2, 0.25) is 0 Å². The van der Waals surface area contributed by atoms with Crippen molar-refractivity contribution in [3.05, 3.63) is 32.8 Å². The summed E-state index contributed by atoms with van der Waals surface area (Å²) in [5.41, 5.74) is 1.19. The number of benzene rings is 1. The van der Waals surface area contributed by atoms with Gasteiger partial charge in [0.15, 0.2) is 0 Å². The summed E-state index contributed by atoms with van der Waals surface area (Å²) in [6.07, 6.45) is 3.64. The van der Waals surface area contributed by atoms with E-state index in [9.17, 15) is 10.1 Å². The minimum Gasteiger partial charge on any atom is -0.369 e. The molecule has 3 rings (SSSR count). The van der Waals surface area contributed by atoms with Gasteiger partial charge in [-0.05, 0) is 41.3 Å². The molecule has 2 heterocycles. The quantitative estimate of drug-likeness (QED) is 0.671. The molecule has 0 amide bonds. The number of nitro groups is 1. The molecule has 2 fully saturated rings. The van der Waals surface area contributed by atoms with Crippen LogP contribution >= 0.6 is 15.9 Å². The molecule has 102 valence electrons. The normalized spacial score (nSPS) is 26.3. The average Bonchev–Trinajstić information content (AvgIpc) is 2.70. The number of anilines is 1. The van der Waals surface area contributed by atoms with Gasteiger partial charge in [0.1, 0.15) is 0 Å². The fourth-order valence-corrected chi connectivity index (χ4v) is 3.65. The van der Waals surface area contributed by atoms with E-state index in [1.165, 1.54) is 12.8 Å². The first-order valence-electron chi connectivity index (χ1n) is 6.58. The lowest BCUT2D eigenvalue weighted by Crippen LogP contribution is -2.35. The monoisotopic (exact) mass is 325 g/mol. The number of halogens is 1. The van der Waals surface area contributed by atoms with Crippen LogP contribution in [-0.4, -0.2) is 30.1 Å². The molecule has 1 N–H and O–H groups in total. The van der Waals surface area contributed by atoms with Gasteiger partial charge in [-0.3, -0.25) is 10.1 Å². The number of fused-ring (bicyclic) bond motifs is 2. The van der Waals surface area contributed by atoms with Gasteiger partial charge in [-0.1, -0.05) is 0 Å². The van der Waals surface area contributed by atoms with Crippen LogP contribution in [0.2, 0.25) is 0 Å². The molecule has 1 aromatic rings. The molecule has 0 spiro atoms. The Labute approximate surface area is 120 Å². The average molecular weight is 326 g/mol. The van der Waals surface area contributed by atoms with Crippen molar-refractivity contribution in [2.45, 2.75) is 31.3 Å². The Morgan fingerprint density at radius 3 is 2.84 bits per heavy atom. The van der Waals surface area contributed by atoms with E-state index < -0.39 is 0 Å². The first kappa shape index (κ1) is 12.9. The molecule has 6 heteroatoms. The van der Waals surface area contributed by atoms with Crippen molar-refractivity contribution < 1.29 is 4.92 Å². The molecule has 0 radical (unpaired) electrons. The zero-order valence-electron chi connectivity index (χ0n) is 10.5. The van der Waals surface area contributed by atoms with E-state index in [0.717, 1.165) is 29.7 Å². The fourth-order valence-electron chi connectivity index (χ4n) is 3.03. The molecule has 0 saturated carbocycles. The zero-order chi connectivity index (χ0) is 13.4. The maximum Gasteiger partial charge on any atom is 0.270 e. The summed E-state index contributed by atoms with van der Waals surface area (Å²) in [4.78, 5) is 12.7. The van der Waals surface area contributed by atoms with Crippen LogP contribution in [0.5, 0.6) is 0 Å². The summed E-state index contributed by atoms with van der Waals surface area (Å²) >= 11 is 3.46. The molecular formula is C13H16BrN3O2. The highest BCUT2D eigenvalue weighted by atomic mass is 79.9. The highest BCUT2D eigenvalue weighted by Crippen LogP contribution is 2.32. The van der Waals surface area contributed by atoms with Crippen molar-refractivity contribution in [3.63, 3.8) is 0 Å². The summed E-state index contributed by atoms with van der Waals surface area (Å²) < 4.78 is 0.805. The van der Waals surface area contributed by atoms with Gasteiger partial charge in [-0.15, -0.1) is 0 Å². The third-order valence-electron chi connectivity index (χ3n) is 4.01. The molecule has 2 unspecified atom stereocenters. The first-order chi connectivity index (χ1) is 9.13. The molecule has 0 aliphatic carbocycles. The van der Waals surface area contributed by atoms with Gasteiger partial charge in [0.25, 0.3) is 5.69 Å². The lowest BCUT2D eigenvalue weighted by Gasteiger charge is -2.27. The summed E-state index contributed by atoms with van der Waals surface area (Å²) in [5.74, 6) is 0. The van der Waals surface area contributed by atoms with Crippen LogP contribution in [0.1, 0.15) is 19.3 Å². The SMILES string of the molecule is O=[N+]([O-])c1ccc(N2CCC3CCC(C2)N3)c(Br)c1. The molecule has 2 bridgehead atoms.